The van der Waals surface area contributed by atoms with Gasteiger partial charge in [0.15, 0.2) is 0 Å². The highest BCUT2D eigenvalue weighted by atomic mass is 79.9. The molecule has 0 unspecified atom stereocenters. The van der Waals surface area contributed by atoms with Crippen molar-refractivity contribution in [1.29, 1.82) is 0 Å². The number of hydrogen-bond donors (Lipinski definition) is 0. The number of hydrogen-bond acceptors (Lipinski definition) is 2. The van der Waals surface area contributed by atoms with Crippen LogP contribution < -0.4 is 4.74 Å². The predicted molar refractivity (Wildman–Crippen MR) is 81.0 cm³/mol. The highest BCUT2D eigenvalue weighted by Gasteiger charge is 2.12. The van der Waals surface area contributed by atoms with E-state index >= 15 is 0 Å². The predicted octanol–water partition coefficient (Wildman–Crippen LogP) is 4.46. The van der Waals surface area contributed by atoms with Gasteiger partial charge in [0, 0.05) is 23.0 Å². The SMILES string of the molecule is Cc1nn(C)c(Cl)c1COc1ccc(Br)c(CCl)c1. The molecule has 0 aliphatic carbocycles. The molecule has 0 bridgehead atoms. The van der Waals surface area contributed by atoms with Gasteiger partial charge >= 0.3 is 0 Å². The molecule has 6 heteroatoms. The van der Waals surface area contributed by atoms with Crippen LogP contribution in [0, 0.1) is 6.92 Å². The van der Waals surface area contributed by atoms with Crippen LogP contribution in [0.1, 0.15) is 16.8 Å². The number of aromatic nitrogens is 2. The summed E-state index contributed by atoms with van der Waals surface area (Å²) in [6.45, 7) is 2.30. The zero-order valence-corrected chi connectivity index (χ0v) is 13.7. The Balaban J connectivity index is 2.14. The molecule has 2 aromatic rings. The Kier molecular flexibility index (Phi) is 4.76. The third-order valence-corrected chi connectivity index (χ3v) is 4.35. The molecule has 3 nitrogen and oxygen atoms in total. The van der Waals surface area contributed by atoms with Gasteiger partial charge in [0.05, 0.1) is 5.69 Å². The van der Waals surface area contributed by atoms with Crippen LogP contribution in [0.2, 0.25) is 5.15 Å². The van der Waals surface area contributed by atoms with Gasteiger partial charge in [-0.25, -0.2) is 0 Å². The Morgan fingerprint density at radius 1 is 1.42 bits per heavy atom. The zero-order valence-electron chi connectivity index (χ0n) is 10.6. The third kappa shape index (κ3) is 3.25. The Hall–Kier alpha value is -0.710. The van der Waals surface area contributed by atoms with Crippen molar-refractivity contribution < 1.29 is 4.74 Å². The first-order valence-electron chi connectivity index (χ1n) is 5.68. The molecule has 0 saturated carbocycles. The molecule has 0 aliphatic rings. The summed E-state index contributed by atoms with van der Waals surface area (Å²) in [6, 6.07) is 5.72. The van der Waals surface area contributed by atoms with E-state index < -0.39 is 0 Å². The summed E-state index contributed by atoms with van der Waals surface area (Å²) < 4.78 is 8.36. The molecule has 0 N–H and O–H groups in total. The highest BCUT2D eigenvalue weighted by Crippen LogP contribution is 2.26. The maximum absolute atomic E-state index is 6.16. The first kappa shape index (κ1) is 14.7. The highest BCUT2D eigenvalue weighted by molar-refractivity contribution is 9.10. The molecule has 0 saturated heterocycles. The van der Waals surface area contributed by atoms with Crippen molar-refractivity contribution in [2.45, 2.75) is 19.4 Å². The van der Waals surface area contributed by atoms with Crippen molar-refractivity contribution in [1.82, 2.24) is 9.78 Å². The maximum atomic E-state index is 6.16. The van der Waals surface area contributed by atoms with Gasteiger partial charge in [-0.3, -0.25) is 4.68 Å². The van der Waals surface area contributed by atoms with Crippen molar-refractivity contribution in [3.8, 4) is 5.75 Å². The normalized spacial score (nSPS) is 10.8. The van der Waals surface area contributed by atoms with Crippen molar-refractivity contribution in [2.75, 3.05) is 0 Å². The van der Waals surface area contributed by atoms with E-state index in [4.69, 9.17) is 27.9 Å². The summed E-state index contributed by atoms with van der Waals surface area (Å²) in [5.74, 6) is 1.20. The van der Waals surface area contributed by atoms with Crippen LogP contribution in [0.5, 0.6) is 5.75 Å². The minimum absolute atomic E-state index is 0.391. The Bertz CT molecular complexity index is 599. The number of ether oxygens (including phenoxy) is 1. The standard InChI is InChI=1S/C13H13BrCl2N2O/c1-8-11(13(16)18(2)17-8)7-19-10-3-4-12(14)9(5-10)6-15/h3-5H,6-7H2,1-2H3. The molecule has 19 heavy (non-hydrogen) atoms. The smallest absolute Gasteiger partial charge is 0.133 e. The Morgan fingerprint density at radius 2 is 2.16 bits per heavy atom. The van der Waals surface area contributed by atoms with Gasteiger partial charge in [0.1, 0.15) is 17.5 Å². The van der Waals surface area contributed by atoms with Crippen LogP contribution in [0.3, 0.4) is 0 Å². The van der Waals surface area contributed by atoms with Gasteiger partial charge in [0.25, 0.3) is 0 Å². The fraction of sp³-hybridized carbons (Fsp3) is 0.308. The second-order valence-corrected chi connectivity index (χ2v) is 5.63. The minimum atomic E-state index is 0.391. The molecular formula is C13H13BrCl2N2O. The lowest BCUT2D eigenvalue weighted by atomic mass is 10.2. The van der Waals surface area contributed by atoms with Crippen molar-refractivity contribution in [3.63, 3.8) is 0 Å². The molecule has 0 radical (unpaired) electrons. The van der Waals surface area contributed by atoms with Gasteiger partial charge in [-0.05, 0) is 30.7 Å². The van der Waals surface area contributed by atoms with Crippen molar-refractivity contribution >= 4 is 39.1 Å². The molecule has 1 aromatic heterocycles. The van der Waals surface area contributed by atoms with E-state index in [0.29, 0.717) is 17.6 Å². The number of rotatable bonds is 4. The summed E-state index contributed by atoms with van der Waals surface area (Å²) in [5, 5.41) is 4.85. The maximum Gasteiger partial charge on any atom is 0.133 e. The van der Waals surface area contributed by atoms with Gasteiger partial charge in [-0.15, -0.1) is 11.6 Å². The molecule has 0 amide bonds. The molecule has 0 fully saturated rings. The van der Waals surface area contributed by atoms with Crippen LogP contribution in [0.4, 0.5) is 0 Å². The van der Waals surface area contributed by atoms with E-state index in [1.807, 2.05) is 32.2 Å². The quantitative estimate of drug-likeness (QED) is 0.749. The van der Waals surface area contributed by atoms with E-state index in [2.05, 4.69) is 21.0 Å². The number of aryl methyl sites for hydroxylation is 2. The van der Waals surface area contributed by atoms with Gasteiger partial charge in [0.2, 0.25) is 0 Å². The van der Waals surface area contributed by atoms with Crippen molar-refractivity contribution in [3.05, 3.63) is 44.6 Å². The molecule has 102 valence electrons. The number of alkyl halides is 1. The average Bonchev–Trinajstić information content (AvgIpc) is 2.63. The van der Waals surface area contributed by atoms with Crippen LogP contribution in [-0.2, 0) is 19.5 Å². The average molecular weight is 364 g/mol. The second kappa shape index (κ2) is 6.16. The monoisotopic (exact) mass is 362 g/mol. The third-order valence-electron chi connectivity index (χ3n) is 2.81. The largest absolute Gasteiger partial charge is 0.489 e. The van der Waals surface area contributed by atoms with Crippen molar-refractivity contribution in [2.24, 2.45) is 7.05 Å². The number of benzene rings is 1. The van der Waals surface area contributed by atoms with Crippen LogP contribution >= 0.6 is 39.1 Å². The summed E-state index contributed by atoms with van der Waals surface area (Å²) in [6.07, 6.45) is 0. The van der Waals surface area contributed by atoms with Crippen LogP contribution in [-0.4, -0.2) is 9.78 Å². The van der Waals surface area contributed by atoms with Gasteiger partial charge < -0.3 is 4.74 Å². The number of halogens is 3. The van der Waals surface area contributed by atoms with E-state index in [-0.39, 0.29) is 0 Å². The molecule has 0 atom stereocenters. The van der Waals surface area contributed by atoms with E-state index in [1.165, 1.54) is 0 Å². The summed E-state index contributed by atoms with van der Waals surface area (Å²) in [7, 11) is 1.81. The number of nitrogens with zero attached hydrogens (tertiary/aromatic N) is 2. The molecule has 1 heterocycles. The first-order chi connectivity index (χ1) is 9.02. The Labute approximate surface area is 130 Å². The molecular weight excluding hydrogens is 351 g/mol. The van der Waals surface area contributed by atoms with E-state index in [1.54, 1.807) is 4.68 Å². The fourth-order valence-electron chi connectivity index (χ4n) is 1.74. The van der Waals surface area contributed by atoms with E-state index in [9.17, 15) is 0 Å². The molecule has 1 aromatic carbocycles. The van der Waals surface area contributed by atoms with Gasteiger partial charge in [-0.2, -0.15) is 5.10 Å². The minimum Gasteiger partial charge on any atom is -0.489 e. The molecule has 2 rings (SSSR count). The Morgan fingerprint density at radius 3 is 2.74 bits per heavy atom. The first-order valence-corrected chi connectivity index (χ1v) is 7.38. The lowest BCUT2D eigenvalue weighted by molar-refractivity contribution is 0.305. The summed E-state index contributed by atoms with van der Waals surface area (Å²) in [5.41, 5.74) is 2.77. The zero-order chi connectivity index (χ0) is 14.0. The van der Waals surface area contributed by atoms with Crippen LogP contribution in [0.25, 0.3) is 0 Å². The lowest BCUT2D eigenvalue weighted by Crippen LogP contribution is -1.98. The van der Waals surface area contributed by atoms with Gasteiger partial charge in [-0.1, -0.05) is 27.5 Å². The molecule has 0 spiro atoms. The summed E-state index contributed by atoms with van der Waals surface area (Å²) >= 11 is 15.4. The van der Waals surface area contributed by atoms with E-state index in [0.717, 1.165) is 27.0 Å². The lowest BCUT2D eigenvalue weighted by Gasteiger charge is -2.08. The molecule has 0 aliphatic heterocycles. The second-order valence-electron chi connectivity index (χ2n) is 4.15. The van der Waals surface area contributed by atoms with Crippen LogP contribution in [0.15, 0.2) is 22.7 Å². The fourth-order valence-corrected chi connectivity index (χ4v) is 2.74. The topological polar surface area (TPSA) is 27.1 Å². The summed E-state index contributed by atoms with van der Waals surface area (Å²) in [4.78, 5) is 0.